The monoisotopic (exact) mass is 604 g/mol. The van der Waals surface area contributed by atoms with Gasteiger partial charge in [0.2, 0.25) is 0 Å². The number of rotatable bonds is 14. The van der Waals surface area contributed by atoms with E-state index < -0.39 is 54.2 Å². The van der Waals surface area contributed by atoms with Gasteiger partial charge in [0.05, 0.1) is 30.4 Å². The van der Waals surface area contributed by atoms with Crippen molar-refractivity contribution in [1.82, 2.24) is 0 Å². The van der Waals surface area contributed by atoms with Gasteiger partial charge in [-0.3, -0.25) is 0 Å². The lowest BCUT2D eigenvalue weighted by Gasteiger charge is -2.26. The predicted molar refractivity (Wildman–Crippen MR) is 156 cm³/mol. The second kappa shape index (κ2) is 15.4. The van der Waals surface area contributed by atoms with Crippen molar-refractivity contribution in [3.63, 3.8) is 0 Å². The van der Waals surface area contributed by atoms with Gasteiger partial charge in [-0.25, -0.2) is 9.18 Å². The fourth-order valence-corrected chi connectivity index (χ4v) is 4.55. The molecule has 2 aromatic rings. The quantitative estimate of drug-likeness (QED) is 0.206. The zero-order chi connectivity index (χ0) is 31.7. The van der Waals surface area contributed by atoms with E-state index in [1.165, 1.54) is 33.3 Å². The first-order valence-electron chi connectivity index (χ1n) is 13.9. The maximum Gasteiger partial charge on any atom is 0.338 e. The van der Waals surface area contributed by atoms with Crippen LogP contribution in [0.3, 0.4) is 0 Å². The summed E-state index contributed by atoms with van der Waals surface area (Å²) < 4.78 is 49.5. The Morgan fingerprint density at radius 3 is 2.40 bits per heavy atom. The molecule has 1 fully saturated rings. The summed E-state index contributed by atoms with van der Waals surface area (Å²) in [6.07, 6.45) is -1.34. The molecular formula is C32H41FO10. The average molecular weight is 605 g/mol. The molecule has 0 amide bonds. The normalized spacial score (nSPS) is 20.7. The van der Waals surface area contributed by atoms with Crippen LogP contribution in [0.1, 0.15) is 61.9 Å². The van der Waals surface area contributed by atoms with Crippen LogP contribution in [0, 0.1) is 5.92 Å². The Labute approximate surface area is 251 Å². The summed E-state index contributed by atoms with van der Waals surface area (Å²) in [5.74, 6) is -2.68. The van der Waals surface area contributed by atoms with E-state index in [1.54, 1.807) is 69.3 Å². The number of aliphatic hydroxyl groups excluding tert-OH is 2. The Morgan fingerprint density at radius 1 is 1.09 bits per heavy atom. The van der Waals surface area contributed by atoms with Gasteiger partial charge in [0.1, 0.15) is 23.4 Å². The summed E-state index contributed by atoms with van der Waals surface area (Å²) in [6, 6.07) is 11.3. The average Bonchev–Trinajstić information content (AvgIpc) is 3.27. The highest BCUT2D eigenvalue weighted by molar-refractivity contribution is 5.89. The number of hydrogen-bond donors (Lipinski definition) is 3. The molecular weight excluding hydrogens is 563 g/mol. The van der Waals surface area contributed by atoms with Gasteiger partial charge in [-0.2, -0.15) is 0 Å². The van der Waals surface area contributed by atoms with Crippen LogP contribution >= 0.6 is 0 Å². The minimum atomic E-state index is -1.87. The van der Waals surface area contributed by atoms with Gasteiger partial charge >= 0.3 is 5.97 Å². The molecule has 1 saturated heterocycles. The van der Waals surface area contributed by atoms with Gasteiger partial charge in [0, 0.05) is 19.1 Å². The Morgan fingerprint density at radius 2 is 1.79 bits per heavy atom. The first-order chi connectivity index (χ1) is 20.4. The van der Waals surface area contributed by atoms with Crippen molar-refractivity contribution in [2.45, 2.75) is 70.6 Å². The molecule has 0 spiro atoms. The zero-order valence-electron chi connectivity index (χ0n) is 25.2. The molecule has 1 aliphatic rings. The van der Waals surface area contributed by atoms with Crippen molar-refractivity contribution in [3.05, 3.63) is 77.1 Å². The highest BCUT2D eigenvalue weighted by atomic mass is 19.1. The second-order valence-corrected chi connectivity index (χ2v) is 10.7. The summed E-state index contributed by atoms with van der Waals surface area (Å²) in [7, 11) is 2.90. The first kappa shape index (κ1) is 34.2. The highest BCUT2D eigenvalue weighted by Crippen LogP contribution is 2.37. The van der Waals surface area contributed by atoms with Gasteiger partial charge in [-0.05, 0) is 57.0 Å². The van der Waals surface area contributed by atoms with Gasteiger partial charge in [-0.1, -0.05) is 37.3 Å². The minimum absolute atomic E-state index is 0.0883. The predicted octanol–water partition coefficient (Wildman–Crippen LogP) is 4.68. The van der Waals surface area contributed by atoms with E-state index >= 15 is 4.39 Å². The Bertz CT molecular complexity index is 1260. The third kappa shape index (κ3) is 9.33. The van der Waals surface area contributed by atoms with Gasteiger partial charge in [0.15, 0.2) is 25.0 Å². The van der Waals surface area contributed by atoms with Crippen LogP contribution in [-0.2, 0) is 18.9 Å². The number of methoxy groups -OCH3 is 2. The van der Waals surface area contributed by atoms with Crippen LogP contribution in [-0.4, -0.2) is 72.5 Å². The molecule has 43 heavy (non-hydrogen) atoms. The third-order valence-electron chi connectivity index (χ3n) is 6.86. The number of benzene rings is 2. The molecule has 0 bridgehead atoms. The standard InChI is InChI=1S/C32H41FO10/c1-19(20(2)34)15-24(33)28(41-31(37)21-11-8-7-9-12-21)29-25(42-32(3,4)43-29)14-10-13-22-16-23(39-6)17-26(40-18-38-5)27(22)30(35)36/h7-13,15-17,19-20,25,28-30,34-36H,14,18H2,1-6H3/b13-10+,24-15+/t19-,20+,25-,28?,29+/m1/s1. The largest absolute Gasteiger partial charge is 0.497 e. The topological polar surface area (TPSA) is 133 Å². The van der Waals surface area contributed by atoms with E-state index in [1.807, 2.05) is 0 Å². The first-order valence-corrected chi connectivity index (χ1v) is 13.9. The molecule has 1 heterocycles. The summed E-state index contributed by atoms with van der Waals surface area (Å²) in [5, 5.41) is 30.1. The zero-order valence-corrected chi connectivity index (χ0v) is 25.2. The highest BCUT2D eigenvalue weighted by Gasteiger charge is 2.48. The molecule has 5 atom stereocenters. The van der Waals surface area contributed by atoms with E-state index in [-0.39, 0.29) is 30.1 Å². The summed E-state index contributed by atoms with van der Waals surface area (Å²) >= 11 is 0. The lowest BCUT2D eigenvalue weighted by Crippen LogP contribution is -2.39. The van der Waals surface area contributed by atoms with Gasteiger partial charge in [-0.15, -0.1) is 0 Å². The summed E-state index contributed by atoms with van der Waals surface area (Å²) in [6.45, 7) is 6.38. The molecule has 0 aromatic heterocycles. The molecule has 3 rings (SSSR count). The fourth-order valence-electron chi connectivity index (χ4n) is 4.55. The van der Waals surface area contributed by atoms with Crippen molar-refractivity contribution >= 4 is 12.0 Å². The van der Waals surface area contributed by atoms with E-state index in [0.717, 1.165) is 0 Å². The van der Waals surface area contributed by atoms with Crippen molar-refractivity contribution < 1.29 is 52.9 Å². The lowest BCUT2D eigenvalue weighted by atomic mass is 9.98. The maximum absolute atomic E-state index is 15.8. The smallest absolute Gasteiger partial charge is 0.338 e. The number of carbonyl (C=O) groups excluding carboxylic acids is 1. The molecule has 1 aliphatic heterocycles. The van der Waals surface area contributed by atoms with Crippen LogP contribution in [0.5, 0.6) is 11.5 Å². The number of halogens is 1. The third-order valence-corrected chi connectivity index (χ3v) is 6.86. The van der Waals surface area contributed by atoms with Crippen molar-refractivity contribution in [1.29, 1.82) is 0 Å². The second-order valence-electron chi connectivity index (χ2n) is 10.7. The maximum atomic E-state index is 15.8. The number of hydrogen-bond acceptors (Lipinski definition) is 10. The van der Waals surface area contributed by atoms with Crippen LogP contribution in [0.25, 0.3) is 6.08 Å². The molecule has 0 radical (unpaired) electrons. The van der Waals surface area contributed by atoms with E-state index in [2.05, 4.69) is 0 Å². The van der Waals surface area contributed by atoms with Crippen molar-refractivity contribution in [2.75, 3.05) is 21.0 Å². The van der Waals surface area contributed by atoms with Gasteiger partial charge < -0.3 is 43.7 Å². The molecule has 11 heteroatoms. The Kier molecular flexibility index (Phi) is 12.3. The number of aliphatic hydroxyl groups is 3. The van der Waals surface area contributed by atoms with E-state index in [0.29, 0.717) is 11.3 Å². The molecule has 0 saturated carbocycles. The molecule has 1 unspecified atom stereocenters. The van der Waals surface area contributed by atoms with E-state index in [4.69, 9.17) is 28.4 Å². The van der Waals surface area contributed by atoms with Crippen LogP contribution < -0.4 is 9.47 Å². The summed E-state index contributed by atoms with van der Waals surface area (Å²) in [4.78, 5) is 13.0. The number of esters is 1. The SMILES string of the molecule is COCOc1cc(OC)cc(/C=C/C[C@H]2OC(C)(C)O[C@@H]2C(OC(=O)c2ccccc2)/C(F)=C\[C@@H](C)[C@H](C)O)c1C(O)O. The molecule has 2 aromatic carbocycles. The molecule has 3 N–H and O–H groups in total. The Balaban J connectivity index is 1.95. The van der Waals surface area contributed by atoms with Crippen LogP contribution in [0.4, 0.5) is 4.39 Å². The summed E-state index contributed by atoms with van der Waals surface area (Å²) in [5.41, 5.74) is 0.711. The van der Waals surface area contributed by atoms with Crippen molar-refractivity contribution in [2.24, 2.45) is 5.92 Å². The van der Waals surface area contributed by atoms with Crippen LogP contribution in [0.2, 0.25) is 0 Å². The molecule has 10 nitrogen and oxygen atoms in total. The number of ether oxygens (including phenoxy) is 6. The lowest BCUT2D eigenvalue weighted by molar-refractivity contribution is -0.154. The van der Waals surface area contributed by atoms with Gasteiger partial charge in [0.25, 0.3) is 0 Å². The molecule has 0 aliphatic carbocycles. The minimum Gasteiger partial charge on any atom is -0.497 e. The van der Waals surface area contributed by atoms with Crippen LogP contribution in [0.15, 0.2) is 60.4 Å². The Hall–Kier alpha value is -3.32. The fraction of sp³-hybridized carbons (Fsp3) is 0.469. The number of carbonyl (C=O) groups is 1. The van der Waals surface area contributed by atoms with Crippen molar-refractivity contribution in [3.8, 4) is 11.5 Å². The molecule has 236 valence electrons. The van der Waals surface area contributed by atoms with E-state index in [9.17, 15) is 20.1 Å².